The first kappa shape index (κ1) is 14.0. The lowest BCUT2D eigenvalue weighted by Crippen LogP contribution is -2.32. The highest BCUT2D eigenvalue weighted by Crippen LogP contribution is 2.21. The van der Waals surface area contributed by atoms with Gasteiger partial charge in [-0.15, -0.1) is 0 Å². The van der Waals surface area contributed by atoms with Crippen LogP contribution in [-0.4, -0.2) is 31.8 Å². The quantitative estimate of drug-likeness (QED) is 0.844. The minimum Gasteiger partial charge on any atom is -0.480 e. The third-order valence-electron chi connectivity index (χ3n) is 2.18. The Balaban J connectivity index is 3.22. The maximum atomic E-state index is 11.5. The van der Waals surface area contributed by atoms with Gasteiger partial charge in [0.05, 0.1) is 4.90 Å². The highest BCUT2D eigenvalue weighted by Gasteiger charge is 2.19. The van der Waals surface area contributed by atoms with E-state index in [2.05, 4.69) is 0 Å². The lowest BCUT2D eigenvalue weighted by molar-refractivity contribution is -0.138. The maximum absolute atomic E-state index is 11.5. The second-order valence-corrected chi connectivity index (χ2v) is 6.09. The summed E-state index contributed by atoms with van der Waals surface area (Å²) in [4.78, 5) is 10.7. The Hall–Kier alpha value is -1.11. The number of carboxylic acids is 1. The van der Waals surface area contributed by atoms with Crippen molar-refractivity contribution in [1.29, 1.82) is 0 Å². The van der Waals surface area contributed by atoms with Gasteiger partial charge in [-0.1, -0.05) is 11.6 Å². The highest BCUT2D eigenvalue weighted by atomic mass is 35.5. The molecule has 0 saturated heterocycles. The largest absolute Gasteiger partial charge is 0.480 e. The number of carbonyl (C=O) groups is 1. The summed E-state index contributed by atoms with van der Waals surface area (Å²) in [5.74, 6) is -1.19. The van der Waals surface area contributed by atoms with Gasteiger partial charge in [-0.25, -0.2) is 8.42 Å². The highest BCUT2D eigenvalue weighted by molar-refractivity contribution is 7.90. The zero-order valence-electron chi connectivity index (χ0n) is 9.05. The van der Waals surface area contributed by atoms with Crippen LogP contribution in [0.4, 0.5) is 0 Å². The van der Waals surface area contributed by atoms with Crippen molar-refractivity contribution < 1.29 is 18.3 Å². The average Bonchev–Trinajstić information content (AvgIpc) is 2.15. The Morgan fingerprint density at radius 2 is 2.12 bits per heavy atom. The molecule has 94 valence electrons. The van der Waals surface area contributed by atoms with E-state index < -0.39 is 21.8 Å². The Morgan fingerprint density at radius 3 is 2.59 bits per heavy atom. The molecule has 0 aromatic heterocycles. The summed E-state index contributed by atoms with van der Waals surface area (Å²) >= 11 is 5.75. The van der Waals surface area contributed by atoms with E-state index in [0.29, 0.717) is 10.6 Å². The molecule has 0 aliphatic carbocycles. The standard InChI is InChI=1S/C10H12ClNO4S/c1-17(15,16)9-3-2-7(11)4-6(9)5-8(12)10(13)14/h2-4,8H,5,12H2,1H3,(H,13,14). The molecule has 17 heavy (non-hydrogen) atoms. The number of sulfone groups is 1. The molecule has 3 N–H and O–H groups in total. The number of halogens is 1. The molecule has 0 amide bonds. The van der Waals surface area contributed by atoms with Gasteiger partial charge in [-0.05, 0) is 30.2 Å². The van der Waals surface area contributed by atoms with Gasteiger partial charge in [-0.2, -0.15) is 0 Å². The molecule has 0 fully saturated rings. The van der Waals surface area contributed by atoms with E-state index in [4.69, 9.17) is 22.4 Å². The van der Waals surface area contributed by atoms with Crippen LogP contribution in [0.5, 0.6) is 0 Å². The molecule has 1 aromatic rings. The molecular weight excluding hydrogens is 266 g/mol. The van der Waals surface area contributed by atoms with Crippen molar-refractivity contribution in [2.75, 3.05) is 6.26 Å². The minimum atomic E-state index is -3.43. The molecular formula is C10H12ClNO4S. The third kappa shape index (κ3) is 3.69. The number of hydrogen-bond acceptors (Lipinski definition) is 4. The minimum absolute atomic E-state index is 0.0543. The van der Waals surface area contributed by atoms with E-state index in [0.717, 1.165) is 6.26 Å². The zero-order chi connectivity index (χ0) is 13.2. The van der Waals surface area contributed by atoms with Gasteiger partial charge in [0, 0.05) is 11.3 Å². The Labute approximate surface area is 104 Å². The first-order valence-electron chi connectivity index (χ1n) is 4.68. The molecule has 1 rings (SSSR count). The maximum Gasteiger partial charge on any atom is 0.320 e. The number of carboxylic acid groups (broad SMARTS) is 1. The van der Waals surface area contributed by atoms with Crippen LogP contribution in [0.3, 0.4) is 0 Å². The van der Waals surface area contributed by atoms with E-state index >= 15 is 0 Å². The van der Waals surface area contributed by atoms with E-state index in [1.807, 2.05) is 0 Å². The zero-order valence-corrected chi connectivity index (χ0v) is 10.6. The van der Waals surface area contributed by atoms with Gasteiger partial charge in [0.1, 0.15) is 6.04 Å². The lowest BCUT2D eigenvalue weighted by Gasteiger charge is -2.11. The van der Waals surface area contributed by atoms with Gasteiger partial charge in [-0.3, -0.25) is 4.79 Å². The predicted octanol–water partition coefficient (Wildman–Crippen LogP) is 0.698. The number of nitrogens with two attached hydrogens (primary N) is 1. The van der Waals surface area contributed by atoms with E-state index in [1.54, 1.807) is 0 Å². The van der Waals surface area contributed by atoms with Crippen molar-refractivity contribution >= 4 is 27.4 Å². The first-order valence-corrected chi connectivity index (χ1v) is 6.95. The summed E-state index contributed by atoms with van der Waals surface area (Å²) in [7, 11) is -3.43. The van der Waals surface area contributed by atoms with Crippen LogP contribution in [0.1, 0.15) is 5.56 Å². The van der Waals surface area contributed by atoms with Crippen molar-refractivity contribution in [2.24, 2.45) is 5.73 Å². The normalized spacial score (nSPS) is 13.4. The van der Waals surface area contributed by atoms with Crippen LogP contribution in [0.25, 0.3) is 0 Å². The summed E-state index contributed by atoms with van der Waals surface area (Å²) in [5.41, 5.74) is 5.69. The van der Waals surface area contributed by atoms with Crippen LogP contribution >= 0.6 is 11.6 Å². The smallest absolute Gasteiger partial charge is 0.320 e. The summed E-state index contributed by atoms with van der Waals surface area (Å²) in [5, 5.41) is 9.04. The topological polar surface area (TPSA) is 97.5 Å². The van der Waals surface area contributed by atoms with E-state index in [9.17, 15) is 13.2 Å². The predicted molar refractivity (Wildman–Crippen MR) is 63.9 cm³/mol. The summed E-state index contributed by atoms with van der Waals surface area (Å²) in [6.07, 6.45) is 0.963. The second kappa shape index (κ2) is 5.03. The van der Waals surface area contributed by atoms with E-state index in [-0.39, 0.29) is 11.3 Å². The molecule has 0 aliphatic heterocycles. The van der Waals surface area contributed by atoms with Crippen molar-refractivity contribution in [3.63, 3.8) is 0 Å². The van der Waals surface area contributed by atoms with Gasteiger partial charge in [0.25, 0.3) is 0 Å². The fourth-order valence-electron chi connectivity index (χ4n) is 1.39. The number of aliphatic carboxylic acids is 1. The van der Waals surface area contributed by atoms with Gasteiger partial charge < -0.3 is 10.8 Å². The molecule has 1 unspecified atom stereocenters. The molecule has 1 aromatic carbocycles. The third-order valence-corrected chi connectivity index (χ3v) is 3.61. The molecule has 0 aliphatic rings. The van der Waals surface area contributed by atoms with E-state index in [1.165, 1.54) is 18.2 Å². The lowest BCUT2D eigenvalue weighted by atomic mass is 10.1. The molecule has 0 bridgehead atoms. The van der Waals surface area contributed by atoms with Crippen molar-refractivity contribution in [1.82, 2.24) is 0 Å². The van der Waals surface area contributed by atoms with Crippen molar-refractivity contribution in [3.8, 4) is 0 Å². The first-order chi connectivity index (χ1) is 7.71. The molecule has 7 heteroatoms. The molecule has 0 spiro atoms. The fraction of sp³-hybridized carbons (Fsp3) is 0.300. The van der Waals surface area contributed by atoms with Gasteiger partial charge in [0.15, 0.2) is 9.84 Å². The molecule has 0 heterocycles. The SMILES string of the molecule is CS(=O)(=O)c1ccc(Cl)cc1CC(N)C(=O)O. The van der Waals surface area contributed by atoms with Crippen LogP contribution in [0.15, 0.2) is 23.1 Å². The summed E-state index contributed by atoms with van der Waals surface area (Å²) < 4.78 is 23.0. The summed E-state index contributed by atoms with van der Waals surface area (Å²) in [6.45, 7) is 0. The van der Waals surface area contributed by atoms with Gasteiger partial charge >= 0.3 is 5.97 Å². The van der Waals surface area contributed by atoms with Crippen LogP contribution in [0.2, 0.25) is 5.02 Å². The molecule has 0 saturated carbocycles. The Kier molecular flexibility index (Phi) is 4.13. The average molecular weight is 278 g/mol. The fourth-order valence-corrected chi connectivity index (χ4v) is 2.52. The summed E-state index contributed by atoms with van der Waals surface area (Å²) in [6, 6.07) is 3.05. The van der Waals surface area contributed by atoms with Crippen molar-refractivity contribution in [3.05, 3.63) is 28.8 Å². The van der Waals surface area contributed by atoms with Crippen LogP contribution < -0.4 is 5.73 Å². The Bertz CT molecular complexity index is 541. The van der Waals surface area contributed by atoms with Crippen molar-refractivity contribution in [2.45, 2.75) is 17.4 Å². The molecule has 1 atom stereocenters. The van der Waals surface area contributed by atoms with Crippen LogP contribution in [-0.2, 0) is 21.1 Å². The second-order valence-electron chi connectivity index (χ2n) is 3.67. The number of rotatable bonds is 4. The number of hydrogen-bond donors (Lipinski definition) is 2. The number of benzene rings is 1. The monoisotopic (exact) mass is 277 g/mol. The Morgan fingerprint density at radius 1 is 1.53 bits per heavy atom. The molecule has 5 nitrogen and oxygen atoms in total. The van der Waals surface area contributed by atoms with Crippen LogP contribution in [0, 0.1) is 0 Å². The molecule has 0 radical (unpaired) electrons. The van der Waals surface area contributed by atoms with Gasteiger partial charge in [0.2, 0.25) is 0 Å².